The lowest BCUT2D eigenvalue weighted by Gasteiger charge is -2.10. The summed E-state index contributed by atoms with van der Waals surface area (Å²) in [5.74, 6) is -0.205. The highest BCUT2D eigenvalue weighted by Crippen LogP contribution is 2.15. The first-order valence-electron chi connectivity index (χ1n) is 5.36. The van der Waals surface area contributed by atoms with Crippen molar-refractivity contribution < 1.29 is 9.59 Å². The number of nitrogens with two attached hydrogens (primary N) is 1. The Balaban J connectivity index is 2.31. The molecule has 1 aliphatic heterocycles. The molecule has 2 amide bonds. The van der Waals surface area contributed by atoms with Crippen molar-refractivity contribution in [2.75, 3.05) is 18.9 Å². The van der Waals surface area contributed by atoms with Crippen molar-refractivity contribution in [3.05, 3.63) is 23.7 Å². The normalized spacial score (nSPS) is 16.2. The molecule has 0 atom stereocenters. The molecule has 1 aliphatic rings. The van der Waals surface area contributed by atoms with Crippen LogP contribution in [0.3, 0.4) is 0 Å². The number of primary amides is 1. The Hall–Kier alpha value is -2.28. The number of carbonyl (C=O) groups excluding carboxylic acids is 2. The fourth-order valence-electron chi connectivity index (χ4n) is 1.63. The van der Waals surface area contributed by atoms with Crippen molar-refractivity contribution in [3.8, 4) is 0 Å². The van der Waals surface area contributed by atoms with Gasteiger partial charge in [0, 0.05) is 12.6 Å². The van der Waals surface area contributed by atoms with Crippen LogP contribution in [-0.4, -0.2) is 40.3 Å². The molecule has 2 rings (SSSR count). The molecule has 1 aromatic heterocycles. The Labute approximate surface area is 104 Å². The second-order valence-electron chi connectivity index (χ2n) is 4.05. The number of anilines is 1. The van der Waals surface area contributed by atoms with Gasteiger partial charge in [-0.05, 0) is 13.1 Å². The van der Waals surface area contributed by atoms with Gasteiger partial charge in [-0.2, -0.15) is 0 Å². The van der Waals surface area contributed by atoms with E-state index < -0.39 is 5.91 Å². The quantitative estimate of drug-likeness (QED) is 0.677. The van der Waals surface area contributed by atoms with Gasteiger partial charge in [-0.25, -0.2) is 9.97 Å². The molecule has 2 heterocycles. The first kappa shape index (κ1) is 12.2. The number of nitrogens with zero attached hydrogens (tertiary/aromatic N) is 3. The first-order valence-corrected chi connectivity index (χ1v) is 5.36. The predicted molar refractivity (Wildman–Crippen MR) is 65.2 cm³/mol. The number of hydrogen-bond acceptors (Lipinski definition) is 5. The van der Waals surface area contributed by atoms with Gasteiger partial charge in [0.25, 0.3) is 0 Å². The summed E-state index contributed by atoms with van der Waals surface area (Å²) in [6, 6.07) is 0. The van der Waals surface area contributed by atoms with E-state index in [2.05, 4.69) is 15.3 Å². The van der Waals surface area contributed by atoms with E-state index in [9.17, 15) is 9.59 Å². The second-order valence-corrected chi connectivity index (χ2v) is 4.05. The van der Waals surface area contributed by atoms with E-state index in [-0.39, 0.29) is 5.91 Å². The van der Waals surface area contributed by atoms with Crippen LogP contribution in [0.2, 0.25) is 0 Å². The summed E-state index contributed by atoms with van der Waals surface area (Å²) in [7, 11) is 1.82. The largest absolute Gasteiger partial charge is 0.366 e. The number of carbonyl (C=O) groups is 2. The summed E-state index contributed by atoms with van der Waals surface area (Å²) in [5.41, 5.74) is 6.19. The molecule has 18 heavy (non-hydrogen) atoms. The minimum absolute atomic E-state index is 0.119. The number of aromatic nitrogens is 2. The lowest BCUT2D eigenvalue weighted by Crippen LogP contribution is -2.26. The Kier molecular flexibility index (Phi) is 3.33. The zero-order chi connectivity index (χ0) is 13.1. The number of nitrogens with one attached hydrogen (secondary N) is 1. The van der Waals surface area contributed by atoms with Gasteiger partial charge in [0.2, 0.25) is 11.8 Å². The molecule has 0 spiro atoms. The van der Waals surface area contributed by atoms with Crippen molar-refractivity contribution in [1.82, 2.24) is 14.9 Å². The fourth-order valence-corrected chi connectivity index (χ4v) is 1.63. The molecule has 0 saturated heterocycles. The summed E-state index contributed by atoms with van der Waals surface area (Å²) in [6.07, 6.45) is 4.18. The Morgan fingerprint density at radius 2 is 2.33 bits per heavy atom. The third kappa shape index (κ3) is 2.89. The Morgan fingerprint density at radius 3 is 3.06 bits per heavy atom. The molecule has 7 heteroatoms. The average molecular weight is 247 g/mol. The summed E-state index contributed by atoms with van der Waals surface area (Å²) in [6.45, 7) is 0.809. The minimum atomic E-state index is -0.544. The summed E-state index contributed by atoms with van der Waals surface area (Å²) >= 11 is 0. The molecule has 0 unspecified atom stereocenters. The molecule has 7 nitrogen and oxygen atoms in total. The number of amides is 2. The maximum Gasteiger partial charge on any atom is 0.241 e. The highest BCUT2D eigenvalue weighted by Gasteiger charge is 2.18. The molecule has 0 bridgehead atoms. The van der Waals surface area contributed by atoms with Crippen LogP contribution in [0.5, 0.6) is 0 Å². The third-order valence-electron chi connectivity index (χ3n) is 2.37. The van der Waals surface area contributed by atoms with E-state index in [1.165, 1.54) is 18.3 Å². The van der Waals surface area contributed by atoms with E-state index in [1.54, 1.807) is 0 Å². The van der Waals surface area contributed by atoms with Crippen LogP contribution in [0.25, 0.3) is 6.08 Å². The van der Waals surface area contributed by atoms with Gasteiger partial charge < -0.3 is 11.1 Å². The lowest BCUT2D eigenvalue weighted by molar-refractivity contribution is -0.117. The standard InChI is InChI=1S/C11H13N5O2/c1-16-5-8-11(15-10(18)6-16)13-4-7(14-8)2-3-9(12)17/h2-4H,5-6H2,1H3,(H2,12,17)(H,13,15,18). The van der Waals surface area contributed by atoms with Crippen LogP contribution < -0.4 is 11.1 Å². The lowest BCUT2D eigenvalue weighted by atomic mass is 10.3. The van der Waals surface area contributed by atoms with Gasteiger partial charge in [-0.1, -0.05) is 0 Å². The summed E-state index contributed by atoms with van der Waals surface area (Å²) < 4.78 is 0. The Bertz CT molecular complexity index is 526. The predicted octanol–water partition coefficient (Wildman–Crippen LogP) is -0.641. The van der Waals surface area contributed by atoms with E-state index in [1.807, 2.05) is 11.9 Å². The molecule has 1 aromatic rings. The topological polar surface area (TPSA) is 101 Å². The van der Waals surface area contributed by atoms with Crippen LogP contribution in [0, 0.1) is 0 Å². The average Bonchev–Trinajstić information content (AvgIpc) is 2.42. The monoisotopic (exact) mass is 247 g/mol. The summed E-state index contributed by atoms with van der Waals surface area (Å²) in [4.78, 5) is 32.4. The maximum absolute atomic E-state index is 11.5. The van der Waals surface area contributed by atoms with Crippen molar-refractivity contribution in [2.24, 2.45) is 5.73 Å². The smallest absolute Gasteiger partial charge is 0.241 e. The maximum atomic E-state index is 11.5. The molecule has 0 aromatic carbocycles. The molecule has 0 saturated carbocycles. The minimum Gasteiger partial charge on any atom is -0.366 e. The third-order valence-corrected chi connectivity index (χ3v) is 2.37. The van der Waals surface area contributed by atoms with Gasteiger partial charge in [-0.3, -0.25) is 14.5 Å². The molecular formula is C11H13N5O2. The second kappa shape index (κ2) is 4.92. The number of fused-ring (bicyclic) bond motifs is 1. The number of hydrogen-bond donors (Lipinski definition) is 2. The van der Waals surface area contributed by atoms with Crippen molar-refractivity contribution in [3.63, 3.8) is 0 Å². The van der Waals surface area contributed by atoms with Crippen LogP contribution in [0.4, 0.5) is 5.82 Å². The van der Waals surface area contributed by atoms with Crippen LogP contribution in [0.15, 0.2) is 12.3 Å². The first-order chi connectivity index (χ1) is 8.54. The number of likely N-dealkylation sites (N-methyl/N-ethyl adjacent to an activating group) is 1. The fraction of sp³-hybridized carbons (Fsp3) is 0.273. The van der Waals surface area contributed by atoms with E-state index in [4.69, 9.17) is 5.73 Å². The van der Waals surface area contributed by atoms with E-state index in [0.717, 1.165) is 0 Å². The van der Waals surface area contributed by atoms with E-state index in [0.29, 0.717) is 30.3 Å². The van der Waals surface area contributed by atoms with Gasteiger partial charge in [0.1, 0.15) is 0 Å². The van der Waals surface area contributed by atoms with Gasteiger partial charge >= 0.3 is 0 Å². The molecule has 0 fully saturated rings. The van der Waals surface area contributed by atoms with Gasteiger partial charge in [-0.15, -0.1) is 0 Å². The van der Waals surface area contributed by atoms with Gasteiger partial charge in [0.05, 0.1) is 24.1 Å². The highest BCUT2D eigenvalue weighted by molar-refractivity contribution is 5.92. The van der Waals surface area contributed by atoms with Crippen LogP contribution in [-0.2, 0) is 16.1 Å². The highest BCUT2D eigenvalue weighted by atomic mass is 16.2. The molecule has 0 radical (unpaired) electrons. The molecule has 94 valence electrons. The van der Waals surface area contributed by atoms with Crippen LogP contribution in [0.1, 0.15) is 11.4 Å². The molecule has 0 aliphatic carbocycles. The Morgan fingerprint density at radius 1 is 1.56 bits per heavy atom. The van der Waals surface area contributed by atoms with Crippen LogP contribution >= 0.6 is 0 Å². The summed E-state index contributed by atoms with van der Waals surface area (Å²) in [5, 5.41) is 2.67. The van der Waals surface area contributed by atoms with Crippen molar-refractivity contribution in [2.45, 2.75) is 6.54 Å². The SMILES string of the molecule is CN1CC(=O)Nc2ncc(C=CC(N)=O)nc2C1. The zero-order valence-electron chi connectivity index (χ0n) is 9.88. The van der Waals surface area contributed by atoms with Crippen molar-refractivity contribution in [1.29, 1.82) is 0 Å². The van der Waals surface area contributed by atoms with Gasteiger partial charge in [0.15, 0.2) is 5.82 Å². The molecule has 3 N–H and O–H groups in total. The van der Waals surface area contributed by atoms with E-state index >= 15 is 0 Å². The van der Waals surface area contributed by atoms with Crippen molar-refractivity contribution >= 4 is 23.7 Å². The number of rotatable bonds is 2. The zero-order valence-corrected chi connectivity index (χ0v) is 9.88. The molecular weight excluding hydrogens is 234 g/mol.